The summed E-state index contributed by atoms with van der Waals surface area (Å²) in [5.41, 5.74) is 3.53. The van der Waals surface area contributed by atoms with Crippen molar-refractivity contribution in [3.63, 3.8) is 0 Å². The largest absolute Gasteiger partial charge is 0.376 e. The van der Waals surface area contributed by atoms with Crippen LogP contribution in [0, 0.1) is 13.8 Å². The van der Waals surface area contributed by atoms with Gasteiger partial charge in [-0.3, -0.25) is 4.79 Å². The Morgan fingerprint density at radius 3 is 2.52 bits per heavy atom. The predicted molar refractivity (Wildman–Crippen MR) is 92.6 cm³/mol. The van der Waals surface area contributed by atoms with Crippen LogP contribution in [0.3, 0.4) is 0 Å². The van der Waals surface area contributed by atoms with Crippen molar-refractivity contribution in [2.45, 2.75) is 18.7 Å². The van der Waals surface area contributed by atoms with Crippen LogP contribution in [0.15, 0.2) is 47.4 Å². The summed E-state index contributed by atoms with van der Waals surface area (Å²) in [6.45, 7) is 4.06. The summed E-state index contributed by atoms with van der Waals surface area (Å²) in [5.74, 6) is -0.239. The molecular weight excluding hydrogens is 312 g/mol. The molecule has 6 heteroatoms. The van der Waals surface area contributed by atoms with Gasteiger partial charge >= 0.3 is 0 Å². The SMILES string of the molecule is Cc1ccc(C)c(NCC(=O)Nc2cccc(S(C)(=O)=O)c2)c1. The normalized spacial score (nSPS) is 11.1. The summed E-state index contributed by atoms with van der Waals surface area (Å²) >= 11 is 0. The van der Waals surface area contributed by atoms with Crippen molar-refractivity contribution < 1.29 is 13.2 Å². The molecule has 5 nitrogen and oxygen atoms in total. The van der Waals surface area contributed by atoms with Crippen molar-refractivity contribution in [2.75, 3.05) is 23.4 Å². The number of carbonyl (C=O) groups excluding carboxylic acids is 1. The molecular formula is C17H20N2O3S. The van der Waals surface area contributed by atoms with Gasteiger partial charge in [0.05, 0.1) is 11.4 Å². The first-order valence-electron chi connectivity index (χ1n) is 7.17. The molecule has 0 aliphatic heterocycles. The van der Waals surface area contributed by atoms with E-state index >= 15 is 0 Å². The maximum absolute atomic E-state index is 12.0. The van der Waals surface area contributed by atoms with Gasteiger partial charge in [0.25, 0.3) is 0 Å². The quantitative estimate of drug-likeness (QED) is 0.883. The summed E-state index contributed by atoms with van der Waals surface area (Å²) in [5, 5.41) is 5.78. The van der Waals surface area contributed by atoms with E-state index in [0.717, 1.165) is 23.1 Å². The number of benzene rings is 2. The Bertz CT molecular complexity index is 829. The lowest BCUT2D eigenvalue weighted by molar-refractivity contribution is -0.114. The first kappa shape index (κ1) is 17.0. The minimum absolute atomic E-state index is 0.105. The van der Waals surface area contributed by atoms with Gasteiger partial charge in [0.15, 0.2) is 9.84 Å². The molecule has 2 aromatic carbocycles. The Morgan fingerprint density at radius 1 is 1.09 bits per heavy atom. The number of carbonyl (C=O) groups is 1. The molecule has 0 unspecified atom stereocenters. The molecule has 0 aliphatic rings. The number of rotatable bonds is 5. The standard InChI is InChI=1S/C17H20N2O3S/c1-12-7-8-13(2)16(9-12)18-11-17(20)19-14-5-4-6-15(10-14)23(3,21)22/h4-10,18H,11H2,1-3H3,(H,19,20). The number of anilines is 2. The zero-order valence-corrected chi connectivity index (χ0v) is 14.2. The molecule has 2 aromatic rings. The average Bonchev–Trinajstić information content (AvgIpc) is 2.47. The molecule has 0 bridgehead atoms. The van der Waals surface area contributed by atoms with Crippen LogP contribution in [0.25, 0.3) is 0 Å². The van der Waals surface area contributed by atoms with E-state index in [1.165, 1.54) is 12.1 Å². The fourth-order valence-electron chi connectivity index (χ4n) is 2.11. The van der Waals surface area contributed by atoms with Crippen molar-refractivity contribution >= 4 is 27.1 Å². The van der Waals surface area contributed by atoms with Crippen LogP contribution >= 0.6 is 0 Å². The second kappa shape index (κ2) is 6.83. The van der Waals surface area contributed by atoms with E-state index in [1.807, 2.05) is 32.0 Å². The highest BCUT2D eigenvalue weighted by molar-refractivity contribution is 7.90. The lowest BCUT2D eigenvalue weighted by atomic mass is 10.1. The molecule has 0 aliphatic carbocycles. The summed E-state index contributed by atoms with van der Waals surface area (Å²) < 4.78 is 23.1. The highest BCUT2D eigenvalue weighted by Crippen LogP contribution is 2.17. The van der Waals surface area contributed by atoms with Crippen LogP contribution < -0.4 is 10.6 Å². The van der Waals surface area contributed by atoms with Gasteiger partial charge in [0.2, 0.25) is 5.91 Å². The third kappa shape index (κ3) is 4.82. The molecule has 0 saturated heterocycles. The Morgan fingerprint density at radius 2 is 1.83 bits per heavy atom. The van der Waals surface area contributed by atoms with E-state index in [1.54, 1.807) is 12.1 Å². The van der Waals surface area contributed by atoms with E-state index in [4.69, 9.17) is 0 Å². The molecule has 23 heavy (non-hydrogen) atoms. The highest BCUT2D eigenvalue weighted by Gasteiger charge is 2.09. The van der Waals surface area contributed by atoms with Crippen LogP contribution in [0.5, 0.6) is 0 Å². The molecule has 0 aromatic heterocycles. The van der Waals surface area contributed by atoms with Crippen LogP contribution in [-0.2, 0) is 14.6 Å². The number of nitrogens with one attached hydrogen (secondary N) is 2. The summed E-state index contributed by atoms with van der Waals surface area (Å²) in [6.07, 6.45) is 1.13. The van der Waals surface area contributed by atoms with E-state index in [9.17, 15) is 13.2 Å². The van der Waals surface area contributed by atoms with Gasteiger partial charge in [-0.25, -0.2) is 8.42 Å². The van der Waals surface area contributed by atoms with Crippen molar-refractivity contribution in [3.8, 4) is 0 Å². The molecule has 0 saturated carbocycles. The molecule has 2 N–H and O–H groups in total. The summed E-state index contributed by atoms with van der Waals surface area (Å²) in [6, 6.07) is 12.2. The van der Waals surface area contributed by atoms with Gasteiger partial charge in [0, 0.05) is 17.6 Å². The molecule has 0 radical (unpaired) electrons. The van der Waals surface area contributed by atoms with Crippen molar-refractivity contribution in [1.29, 1.82) is 0 Å². The lowest BCUT2D eigenvalue weighted by Gasteiger charge is -2.11. The number of aryl methyl sites for hydroxylation is 2. The van der Waals surface area contributed by atoms with Crippen molar-refractivity contribution in [3.05, 3.63) is 53.6 Å². The molecule has 0 heterocycles. The maximum atomic E-state index is 12.0. The number of sulfone groups is 1. The fourth-order valence-corrected chi connectivity index (χ4v) is 2.78. The second-order valence-electron chi connectivity index (χ2n) is 5.52. The minimum Gasteiger partial charge on any atom is -0.376 e. The zero-order valence-electron chi connectivity index (χ0n) is 13.4. The Labute approximate surface area is 136 Å². The van der Waals surface area contributed by atoms with Gasteiger partial charge in [0.1, 0.15) is 0 Å². The summed E-state index contributed by atoms with van der Waals surface area (Å²) in [4.78, 5) is 12.2. The number of amides is 1. The Kier molecular flexibility index (Phi) is 5.05. The van der Waals surface area contributed by atoms with Gasteiger partial charge in [-0.05, 0) is 49.2 Å². The van der Waals surface area contributed by atoms with Crippen molar-refractivity contribution in [2.24, 2.45) is 0 Å². The molecule has 0 spiro atoms. The minimum atomic E-state index is -3.29. The smallest absolute Gasteiger partial charge is 0.243 e. The first-order valence-corrected chi connectivity index (χ1v) is 9.06. The number of hydrogen-bond acceptors (Lipinski definition) is 4. The molecule has 122 valence electrons. The third-order valence-corrected chi connectivity index (χ3v) is 4.49. The van der Waals surface area contributed by atoms with Gasteiger partial charge < -0.3 is 10.6 Å². The Balaban J connectivity index is 2.01. The predicted octanol–water partition coefficient (Wildman–Crippen LogP) is 2.76. The van der Waals surface area contributed by atoms with Crippen LogP contribution in [0.2, 0.25) is 0 Å². The zero-order chi connectivity index (χ0) is 17.0. The van der Waals surface area contributed by atoms with Gasteiger partial charge in [-0.2, -0.15) is 0 Å². The third-order valence-electron chi connectivity index (χ3n) is 3.38. The monoisotopic (exact) mass is 332 g/mol. The van der Waals surface area contributed by atoms with Gasteiger partial charge in [-0.15, -0.1) is 0 Å². The summed E-state index contributed by atoms with van der Waals surface area (Å²) in [7, 11) is -3.29. The van der Waals surface area contributed by atoms with Crippen LogP contribution in [0.4, 0.5) is 11.4 Å². The lowest BCUT2D eigenvalue weighted by Crippen LogP contribution is -2.22. The van der Waals surface area contributed by atoms with E-state index in [-0.39, 0.29) is 17.3 Å². The first-order chi connectivity index (χ1) is 10.8. The maximum Gasteiger partial charge on any atom is 0.243 e. The average molecular weight is 332 g/mol. The van der Waals surface area contributed by atoms with Gasteiger partial charge in [-0.1, -0.05) is 18.2 Å². The Hall–Kier alpha value is -2.34. The van der Waals surface area contributed by atoms with Crippen LogP contribution in [-0.4, -0.2) is 27.1 Å². The molecule has 0 atom stereocenters. The fraction of sp³-hybridized carbons (Fsp3) is 0.235. The second-order valence-corrected chi connectivity index (χ2v) is 7.54. The van der Waals surface area contributed by atoms with E-state index in [2.05, 4.69) is 10.6 Å². The topological polar surface area (TPSA) is 75.3 Å². The highest BCUT2D eigenvalue weighted by atomic mass is 32.2. The molecule has 2 rings (SSSR count). The van der Waals surface area contributed by atoms with Crippen LogP contribution in [0.1, 0.15) is 11.1 Å². The molecule has 1 amide bonds. The van der Waals surface area contributed by atoms with E-state index < -0.39 is 9.84 Å². The number of hydrogen-bond donors (Lipinski definition) is 2. The molecule has 0 fully saturated rings. The van der Waals surface area contributed by atoms with E-state index in [0.29, 0.717) is 5.69 Å². The van der Waals surface area contributed by atoms with Crippen molar-refractivity contribution in [1.82, 2.24) is 0 Å².